The van der Waals surface area contributed by atoms with Gasteiger partial charge < -0.3 is 16.2 Å². The van der Waals surface area contributed by atoms with Gasteiger partial charge in [-0.3, -0.25) is 18.0 Å². The van der Waals surface area contributed by atoms with Gasteiger partial charge in [-0.1, -0.05) is 6.92 Å². The summed E-state index contributed by atoms with van der Waals surface area (Å²) < 4.78 is 27.9. The zero-order valence-corrected chi connectivity index (χ0v) is 13.7. The molecule has 0 aromatic rings. The van der Waals surface area contributed by atoms with E-state index in [0.717, 1.165) is 0 Å². The molecule has 3 unspecified atom stereocenters. The first-order valence-electron chi connectivity index (χ1n) is 6.70. The lowest BCUT2D eigenvalue weighted by Gasteiger charge is -2.11. The van der Waals surface area contributed by atoms with Crippen LogP contribution < -0.4 is 11.5 Å². The Labute approximate surface area is 129 Å². The van der Waals surface area contributed by atoms with Crippen LogP contribution in [0.15, 0.2) is 0 Å². The Morgan fingerprint density at radius 2 is 1.76 bits per heavy atom. The quantitative estimate of drug-likeness (QED) is 0.449. The minimum absolute atomic E-state index is 0.218. The molecule has 1 rings (SSSR count). The standard InChI is InChI=1S/C12H22N2O5S2/c1-9(10(13)15)8-20(17)6-4-19-5-7-21(18)12(2-3-12)11(14)16/h9H,2-8H2,1H3,(H2,13,15)(H2,14,16). The van der Waals surface area contributed by atoms with E-state index in [-0.39, 0.29) is 24.7 Å². The summed E-state index contributed by atoms with van der Waals surface area (Å²) >= 11 is 0. The molecular formula is C12H22N2O5S2. The van der Waals surface area contributed by atoms with Gasteiger partial charge in [0.25, 0.3) is 0 Å². The second-order valence-electron chi connectivity index (χ2n) is 5.13. The van der Waals surface area contributed by atoms with Crippen molar-refractivity contribution < 1.29 is 22.7 Å². The lowest BCUT2D eigenvalue weighted by molar-refractivity contribution is -0.120. The molecule has 0 spiro atoms. The molecule has 1 saturated carbocycles. The fourth-order valence-electron chi connectivity index (χ4n) is 1.73. The van der Waals surface area contributed by atoms with E-state index in [1.807, 2.05) is 0 Å². The van der Waals surface area contributed by atoms with Gasteiger partial charge >= 0.3 is 0 Å². The van der Waals surface area contributed by atoms with Crippen molar-refractivity contribution in [1.29, 1.82) is 0 Å². The van der Waals surface area contributed by atoms with E-state index in [2.05, 4.69) is 0 Å². The molecule has 7 nitrogen and oxygen atoms in total. The minimum Gasteiger partial charge on any atom is -0.380 e. The highest BCUT2D eigenvalue weighted by molar-refractivity contribution is 7.87. The van der Waals surface area contributed by atoms with Crippen molar-refractivity contribution in [3.63, 3.8) is 0 Å². The molecular weight excluding hydrogens is 316 g/mol. The predicted octanol–water partition coefficient (Wildman–Crippen LogP) is -1.36. The fourth-order valence-corrected chi connectivity index (χ4v) is 4.36. The molecule has 0 saturated heterocycles. The summed E-state index contributed by atoms with van der Waals surface area (Å²) in [5.41, 5.74) is 10.3. The maximum Gasteiger partial charge on any atom is 0.236 e. The van der Waals surface area contributed by atoms with Crippen LogP contribution in [0.1, 0.15) is 19.8 Å². The van der Waals surface area contributed by atoms with Crippen molar-refractivity contribution in [2.24, 2.45) is 17.4 Å². The van der Waals surface area contributed by atoms with Crippen molar-refractivity contribution >= 4 is 33.4 Å². The zero-order chi connectivity index (χ0) is 16.0. The highest BCUT2D eigenvalue weighted by Gasteiger charge is 2.53. The van der Waals surface area contributed by atoms with Gasteiger partial charge in [0, 0.05) is 44.8 Å². The van der Waals surface area contributed by atoms with E-state index in [4.69, 9.17) is 16.2 Å². The Morgan fingerprint density at radius 1 is 1.19 bits per heavy atom. The van der Waals surface area contributed by atoms with Crippen LogP contribution in [-0.4, -0.2) is 55.5 Å². The normalized spacial score (nSPS) is 20.4. The SMILES string of the molecule is CC(CS(=O)CCOCCS(=O)C1(C(N)=O)CC1)C(N)=O. The fraction of sp³-hybridized carbons (Fsp3) is 0.833. The Hall–Kier alpha value is -0.800. The summed E-state index contributed by atoms with van der Waals surface area (Å²) in [5, 5.41) is 0. The molecule has 3 atom stereocenters. The second-order valence-corrected chi connectivity index (χ2v) is 8.64. The molecule has 0 aromatic carbocycles. The first-order chi connectivity index (χ1) is 9.79. The number of hydrogen-bond acceptors (Lipinski definition) is 5. The van der Waals surface area contributed by atoms with E-state index in [1.165, 1.54) is 0 Å². The number of nitrogens with two attached hydrogens (primary N) is 2. The molecule has 21 heavy (non-hydrogen) atoms. The molecule has 1 fully saturated rings. The monoisotopic (exact) mass is 338 g/mol. The zero-order valence-electron chi connectivity index (χ0n) is 12.0. The molecule has 9 heteroatoms. The van der Waals surface area contributed by atoms with Gasteiger partial charge in [0.15, 0.2) is 0 Å². The maximum absolute atomic E-state index is 11.9. The van der Waals surface area contributed by atoms with Crippen LogP contribution in [0.4, 0.5) is 0 Å². The average molecular weight is 338 g/mol. The average Bonchev–Trinajstić information content (AvgIpc) is 3.19. The van der Waals surface area contributed by atoms with E-state index < -0.39 is 44.1 Å². The van der Waals surface area contributed by atoms with Gasteiger partial charge in [0.1, 0.15) is 4.75 Å². The number of carbonyl (C=O) groups is 2. The molecule has 1 aliphatic rings. The van der Waals surface area contributed by atoms with Gasteiger partial charge in [-0.05, 0) is 12.8 Å². The summed E-state index contributed by atoms with van der Waals surface area (Å²) in [5.74, 6) is -0.652. The van der Waals surface area contributed by atoms with E-state index in [0.29, 0.717) is 18.6 Å². The third-order valence-corrected chi connectivity index (χ3v) is 6.89. The van der Waals surface area contributed by atoms with E-state index in [1.54, 1.807) is 6.92 Å². The van der Waals surface area contributed by atoms with Crippen molar-refractivity contribution in [3.8, 4) is 0 Å². The smallest absolute Gasteiger partial charge is 0.236 e. The third kappa shape index (κ3) is 5.48. The lowest BCUT2D eigenvalue weighted by atomic mass is 10.2. The lowest BCUT2D eigenvalue weighted by Crippen LogP contribution is -2.36. The van der Waals surface area contributed by atoms with Crippen LogP contribution >= 0.6 is 0 Å². The summed E-state index contributed by atoms with van der Waals surface area (Å²) in [4.78, 5) is 22.0. The summed E-state index contributed by atoms with van der Waals surface area (Å²) in [6.45, 7) is 2.10. The van der Waals surface area contributed by atoms with Gasteiger partial charge in [-0.15, -0.1) is 0 Å². The number of rotatable bonds is 11. The van der Waals surface area contributed by atoms with Crippen molar-refractivity contribution in [2.75, 3.05) is 30.5 Å². The molecule has 0 heterocycles. The topological polar surface area (TPSA) is 130 Å². The van der Waals surface area contributed by atoms with Crippen LogP contribution in [0.5, 0.6) is 0 Å². The maximum atomic E-state index is 11.9. The number of primary amides is 2. The highest BCUT2D eigenvalue weighted by Crippen LogP contribution is 2.41. The molecule has 0 aromatic heterocycles. The number of carbonyl (C=O) groups excluding carboxylic acids is 2. The van der Waals surface area contributed by atoms with Gasteiger partial charge in [0.05, 0.1) is 13.2 Å². The van der Waals surface area contributed by atoms with Crippen molar-refractivity contribution in [1.82, 2.24) is 0 Å². The first-order valence-corrected chi connectivity index (χ1v) is 9.50. The molecule has 1 aliphatic carbocycles. The van der Waals surface area contributed by atoms with Crippen LogP contribution in [0.2, 0.25) is 0 Å². The Morgan fingerprint density at radius 3 is 2.24 bits per heavy atom. The third-order valence-electron chi connectivity index (χ3n) is 3.38. The molecule has 122 valence electrons. The number of amides is 2. The molecule has 2 amide bonds. The Bertz CT molecular complexity index is 451. The molecule has 0 bridgehead atoms. The predicted molar refractivity (Wildman–Crippen MR) is 81.2 cm³/mol. The first kappa shape index (κ1) is 18.2. The van der Waals surface area contributed by atoms with Crippen molar-refractivity contribution in [2.45, 2.75) is 24.5 Å². The van der Waals surface area contributed by atoms with Crippen molar-refractivity contribution in [3.05, 3.63) is 0 Å². The number of ether oxygens (including phenoxy) is 1. The molecule has 0 radical (unpaired) electrons. The number of hydrogen-bond donors (Lipinski definition) is 2. The largest absolute Gasteiger partial charge is 0.380 e. The summed E-state index contributed by atoms with van der Waals surface area (Å²) in [6.07, 6.45) is 1.15. The molecule has 4 N–H and O–H groups in total. The Balaban J connectivity index is 2.12. The molecule has 0 aliphatic heterocycles. The van der Waals surface area contributed by atoms with Crippen LogP contribution in [0.3, 0.4) is 0 Å². The van der Waals surface area contributed by atoms with Crippen LogP contribution in [0.25, 0.3) is 0 Å². The highest BCUT2D eigenvalue weighted by atomic mass is 32.2. The van der Waals surface area contributed by atoms with E-state index in [9.17, 15) is 18.0 Å². The van der Waals surface area contributed by atoms with Crippen LogP contribution in [-0.2, 0) is 35.9 Å². The second kappa shape index (κ2) is 8.00. The summed E-state index contributed by atoms with van der Waals surface area (Å²) in [7, 11) is -2.49. The van der Waals surface area contributed by atoms with Gasteiger partial charge in [0.2, 0.25) is 11.8 Å². The van der Waals surface area contributed by atoms with Gasteiger partial charge in [-0.25, -0.2) is 0 Å². The van der Waals surface area contributed by atoms with Gasteiger partial charge in [-0.2, -0.15) is 0 Å². The minimum atomic E-state index is -1.32. The van der Waals surface area contributed by atoms with Crippen LogP contribution in [0, 0.1) is 5.92 Å². The summed E-state index contributed by atoms with van der Waals surface area (Å²) in [6, 6.07) is 0. The van der Waals surface area contributed by atoms with E-state index >= 15 is 0 Å². The Kier molecular flexibility index (Phi) is 6.95.